The number of nitrogens with one attached hydrogen (secondary N) is 1. The number of methoxy groups -OCH3 is 1. The Kier molecular flexibility index (Phi) is 3.93. The highest BCUT2D eigenvalue weighted by Gasteiger charge is 2.03. The average Bonchev–Trinajstić information content (AvgIpc) is 2.18. The molecular weight excluding hydrogens is 220 g/mol. The minimum Gasteiger partial charge on any atom is -0.495 e. The van der Waals surface area contributed by atoms with E-state index >= 15 is 0 Å². The van der Waals surface area contributed by atoms with Gasteiger partial charge in [-0.3, -0.25) is 4.79 Å². The molecule has 0 aliphatic heterocycles. The lowest BCUT2D eigenvalue weighted by Crippen LogP contribution is -2.12. The summed E-state index contributed by atoms with van der Waals surface area (Å²) < 4.78 is 4.94. The first-order valence-corrected chi connectivity index (χ1v) is 4.37. The van der Waals surface area contributed by atoms with Crippen molar-refractivity contribution < 1.29 is 14.7 Å². The number of rotatable bonds is 3. The number of nitrogens with zero attached hydrogens (tertiary/aromatic N) is 1. The summed E-state index contributed by atoms with van der Waals surface area (Å²) in [5.74, 6) is -0.0239. The topological polar surface area (TPSA) is 70.9 Å². The molecule has 1 rings (SSSR count). The van der Waals surface area contributed by atoms with Gasteiger partial charge in [0.25, 0.3) is 5.91 Å². The van der Waals surface area contributed by atoms with E-state index in [9.17, 15) is 4.79 Å². The fourth-order valence-electron chi connectivity index (χ4n) is 0.971. The fraction of sp³-hybridized carbons (Fsp3) is 0.111. The van der Waals surface area contributed by atoms with Crippen molar-refractivity contribution >= 4 is 29.4 Å². The first kappa shape index (κ1) is 11.3. The van der Waals surface area contributed by atoms with Crippen LogP contribution in [0.1, 0.15) is 0 Å². The summed E-state index contributed by atoms with van der Waals surface area (Å²) in [6.07, 6.45) is 0.748. The van der Waals surface area contributed by atoms with Crippen LogP contribution in [0.2, 0.25) is 5.02 Å². The molecule has 0 aliphatic carbocycles. The van der Waals surface area contributed by atoms with Crippen LogP contribution >= 0.6 is 11.6 Å². The summed E-state index contributed by atoms with van der Waals surface area (Å²) in [7, 11) is 1.50. The molecule has 80 valence electrons. The minimum absolute atomic E-state index is 0.385. The number of carbonyl (C=O) groups excluding carboxylic acids is 1. The monoisotopic (exact) mass is 228 g/mol. The van der Waals surface area contributed by atoms with Gasteiger partial charge in [-0.05, 0) is 18.2 Å². The normalized spacial score (nSPS) is 10.3. The predicted octanol–water partition coefficient (Wildman–Crippen LogP) is 1.75. The van der Waals surface area contributed by atoms with Crippen molar-refractivity contribution in [3.8, 4) is 5.75 Å². The van der Waals surface area contributed by atoms with Crippen molar-refractivity contribution in [2.24, 2.45) is 5.16 Å². The number of halogens is 1. The summed E-state index contributed by atoms with van der Waals surface area (Å²) >= 11 is 5.83. The average molecular weight is 229 g/mol. The van der Waals surface area contributed by atoms with Crippen molar-refractivity contribution in [3.05, 3.63) is 23.2 Å². The van der Waals surface area contributed by atoms with Crippen LogP contribution in [-0.2, 0) is 4.79 Å². The molecular formula is C9H9ClN2O3. The Morgan fingerprint density at radius 3 is 2.93 bits per heavy atom. The second-order valence-electron chi connectivity index (χ2n) is 2.58. The van der Waals surface area contributed by atoms with Crippen molar-refractivity contribution in [3.63, 3.8) is 0 Å². The molecule has 1 aromatic carbocycles. The lowest BCUT2D eigenvalue weighted by molar-refractivity contribution is -0.110. The van der Waals surface area contributed by atoms with E-state index in [-0.39, 0.29) is 0 Å². The molecule has 0 unspecified atom stereocenters. The molecule has 0 radical (unpaired) electrons. The maximum Gasteiger partial charge on any atom is 0.270 e. The molecule has 0 spiro atoms. The molecule has 0 saturated heterocycles. The summed E-state index contributed by atoms with van der Waals surface area (Å²) in [6.45, 7) is 0. The highest BCUT2D eigenvalue weighted by molar-refractivity contribution is 6.33. The molecule has 0 atom stereocenters. The zero-order chi connectivity index (χ0) is 11.3. The lowest BCUT2D eigenvalue weighted by Gasteiger charge is -2.05. The number of hydrogen-bond acceptors (Lipinski definition) is 4. The van der Waals surface area contributed by atoms with Gasteiger partial charge in [-0.2, -0.15) is 0 Å². The van der Waals surface area contributed by atoms with E-state index in [1.807, 2.05) is 0 Å². The Hall–Kier alpha value is -1.75. The van der Waals surface area contributed by atoms with Crippen molar-refractivity contribution in [1.29, 1.82) is 0 Å². The van der Waals surface area contributed by atoms with E-state index in [0.29, 0.717) is 16.5 Å². The van der Waals surface area contributed by atoms with Gasteiger partial charge in [0.15, 0.2) is 0 Å². The van der Waals surface area contributed by atoms with Crippen LogP contribution in [-0.4, -0.2) is 24.4 Å². The Morgan fingerprint density at radius 1 is 1.67 bits per heavy atom. The van der Waals surface area contributed by atoms with Crippen LogP contribution < -0.4 is 10.1 Å². The standard InChI is InChI=1S/C9H9ClN2O3/c1-15-8-3-2-6(4-7(8)10)12-9(13)5-11-14/h2-5,14H,1H3,(H,12,13)/b11-5+. The maximum absolute atomic E-state index is 11.0. The summed E-state index contributed by atoms with van der Waals surface area (Å²) in [5.41, 5.74) is 0.491. The number of benzene rings is 1. The van der Waals surface area contributed by atoms with Gasteiger partial charge in [0.05, 0.1) is 12.1 Å². The summed E-state index contributed by atoms with van der Waals surface area (Å²) in [6, 6.07) is 4.77. The first-order valence-electron chi connectivity index (χ1n) is 3.99. The highest BCUT2D eigenvalue weighted by atomic mass is 35.5. The Labute approximate surface area is 91.3 Å². The predicted molar refractivity (Wildman–Crippen MR) is 56.9 cm³/mol. The Morgan fingerprint density at radius 2 is 2.40 bits per heavy atom. The molecule has 0 saturated carbocycles. The van der Waals surface area contributed by atoms with E-state index in [1.165, 1.54) is 13.2 Å². The highest BCUT2D eigenvalue weighted by Crippen LogP contribution is 2.26. The van der Waals surface area contributed by atoms with Crippen molar-refractivity contribution in [2.75, 3.05) is 12.4 Å². The molecule has 2 N–H and O–H groups in total. The molecule has 0 fully saturated rings. The van der Waals surface area contributed by atoms with Gasteiger partial charge in [0, 0.05) is 5.69 Å². The third-order valence-corrected chi connectivity index (χ3v) is 1.89. The molecule has 0 aliphatic rings. The number of carbonyl (C=O) groups is 1. The second kappa shape index (κ2) is 5.21. The number of oxime groups is 1. The van der Waals surface area contributed by atoms with Gasteiger partial charge in [-0.1, -0.05) is 16.8 Å². The van der Waals surface area contributed by atoms with Crippen molar-refractivity contribution in [2.45, 2.75) is 0 Å². The smallest absolute Gasteiger partial charge is 0.270 e. The van der Waals surface area contributed by atoms with Gasteiger partial charge in [0.2, 0.25) is 0 Å². The van der Waals surface area contributed by atoms with Gasteiger partial charge in [-0.25, -0.2) is 0 Å². The number of hydrogen-bond donors (Lipinski definition) is 2. The minimum atomic E-state index is -0.543. The Balaban J connectivity index is 2.79. The molecule has 0 heterocycles. The SMILES string of the molecule is COc1ccc(NC(=O)/C=N/O)cc1Cl. The molecule has 15 heavy (non-hydrogen) atoms. The summed E-state index contributed by atoms with van der Waals surface area (Å²) in [4.78, 5) is 11.0. The number of anilines is 1. The molecule has 0 bridgehead atoms. The van der Waals surface area contributed by atoms with Crippen LogP contribution in [0.5, 0.6) is 5.75 Å². The van der Waals surface area contributed by atoms with E-state index < -0.39 is 5.91 Å². The van der Waals surface area contributed by atoms with E-state index in [0.717, 1.165) is 6.21 Å². The van der Waals surface area contributed by atoms with Gasteiger partial charge >= 0.3 is 0 Å². The lowest BCUT2D eigenvalue weighted by atomic mass is 10.3. The molecule has 1 aromatic rings. The second-order valence-corrected chi connectivity index (χ2v) is 2.99. The van der Waals surface area contributed by atoms with Crippen LogP contribution in [0.4, 0.5) is 5.69 Å². The quantitative estimate of drug-likeness (QED) is 0.470. The first-order chi connectivity index (χ1) is 7.17. The zero-order valence-electron chi connectivity index (χ0n) is 7.90. The number of amides is 1. The van der Waals surface area contributed by atoms with Crippen LogP contribution in [0.25, 0.3) is 0 Å². The molecule has 1 amide bonds. The van der Waals surface area contributed by atoms with E-state index in [2.05, 4.69) is 10.5 Å². The largest absolute Gasteiger partial charge is 0.495 e. The van der Waals surface area contributed by atoms with E-state index in [1.54, 1.807) is 12.1 Å². The maximum atomic E-state index is 11.0. The van der Waals surface area contributed by atoms with Gasteiger partial charge in [0.1, 0.15) is 12.0 Å². The molecule has 0 aromatic heterocycles. The summed E-state index contributed by atoms with van der Waals surface area (Å²) in [5, 5.41) is 13.5. The van der Waals surface area contributed by atoms with Crippen molar-refractivity contribution in [1.82, 2.24) is 0 Å². The number of ether oxygens (including phenoxy) is 1. The van der Waals surface area contributed by atoms with Crippen LogP contribution in [0, 0.1) is 0 Å². The van der Waals surface area contributed by atoms with Crippen LogP contribution in [0.15, 0.2) is 23.4 Å². The van der Waals surface area contributed by atoms with Crippen LogP contribution in [0.3, 0.4) is 0 Å². The Bertz CT molecular complexity index is 393. The third-order valence-electron chi connectivity index (χ3n) is 1.59. The van der Waals surface area contributed by atoms with E-state index in [4.69, 9.17) is 21.5 Å². The van der Waals surface area contributed by atoms with Gasteiger partial charge < -0.3 is 15.3 Å². The molecule has 5 nitrogen and oxygen atoms in total. The third kappa shape index (κ3) is 3.14. The fourth-order valence-corrected chi connectivity index (χ4v) is 1.23. The zero-order valence-corrected chi connectivity index (χ0v) is 8.65. The molecule has 6 heteroatoms. The van der Waals surface area contributed by atoms with Gasteiger partial charge in [-0.15, -0.1) is 0 Å².